The lowest BCUT2D eigenvalue weighted by molar-refractivity contribution is -0.0224. The third-order valence-electron chi connectivity index (χ3n) is 6.13. The van der Waals surface area contributed by atoms with Crippen LogP contribution in [0.5, 0.6) is 0 Å². The van der Waals surface area contributed by atoms with E-state index in [2.05, 4.69) is 0 Å². The summed E-state index contributed by atoms with van der Waals surface area (Å²) in [6.07, 6.45) is 2.09. The fourth-order valence-electron chi connectivity index (χ4n) is 4.77. The molecule has 1 aliphatic heterocycles. The molecule has 31 heavy (non-hydrogen) atoms. The molecule has 0 saturated heterocycles. The number of amides is 1. The summed E-state index contributed by atoms with van der Waals surface area (Å²) in [5.41, 5.74) is 3.95. The van der Waals surface area contributed by atoms with Gasteiger partial charge in [0.2, 0.25) is 5.90 Å². The van der Waals surface area contributed by atoms with Crippen molar-refractivity contribution in [1.29, 1.82) is 10.8 Å². The van der Waals surface area contributed by atoms with Gasteiger partial charge in [0.1, 0.15) is 0 Å². The molecule has 1 fully saturated rings. The van der Waals surface area contributed by atoms with Crippen LogP contribution in [0.3, 0.4) is 0 Å². The molecule has 4 rings (SSSR count). The second-order valence-corrected chi connectivity index (χ2v) is 9.23. The van der Waals surface area contributed by atoms with Gasteiger partial charge in [-0.1, -0.05) is 30.3 Å². The average Bonchev–Trinajstić information content (AvgIpc) is 3.44. The first-order valence-electron chi connectivity index (χ1n) is 10.7. The number of ether oxygens (including phenoxy) is 1. The Hall–Kier alpha value is -2.99. The van der Waals surface area contributed by atoms with Gasteiger partial charge in [0.05, 0.1) is 17.2 Å². The highest BCUT2D eigenvalue weighted by Gasteiger charge is 2.48. The number of rotatable bonds is 5. The van der Waals surface area contributed by atoms with Crippen molar-refractivity contribution in [2.45, 2.75) is 58.7 Å². The zero-order valence-electron chi connectivity index (χ0n) is 18.5. The molecule has 1 saturated carbocycles. The van der Waals surface area contributed by atoms with Gasteiger partial charge in [0.25, 0.3) is 5.91 Å². The van der Waals surface area contributed by atoms with Crippen molar-refractivity contribution in [1.82, 2.24) is 4.90 Å². The van der Waals surface area contributed by atoms with Crippen molar-refractivity contribution in [2.75, 3.05) is 0 Å². The lowest BCUT2D eigenvalue weighted by atomic mass is 9.92. The van der Waals surface area contributed by atoms with E-state index in [4.69, 9.17) is 15.6 Å². The first-order chi connectivity index (χ1) is 14.6. The molecule has 6 heteroatoms. The van der Waals surface area contributed by atoms with Crippen LogP contribution in [0, 0.1) is 23.7 Å². The number of carbonyl (C=O) groups is 1. The zero-order valence-corrected chi connectivity index (χ0v) is 18.5. The highest BCUT2D eigenvalue weighted by atomic mass is 16.5. The first kappa shape index (κ1) is 21.2. The Kier molecular flexibility index (Phi) is 5.21. The highest BCUT2D eigenvalue weighted by Crippen LogP contribution is 2.44. The number of aliphatic hydroxyl groups is 1. The van der Waals surface area contributed by atoms with Gasteiger partial charge in [0.15, 0.2) is 5.90 Å². The lowest BCUT2D eigenvalue weighted by Crippen LogP contribution is -2.51. The van der Waals surface area contributed by atoms with Gasteiger partial charge in [-0.25, -0.2) is 0 Å². The number of benzene rings is 2. The third-order valence-corrected chi connectivity index (χ3v) is 6.13. The topological polar surface area (TPSA) is 97.5 Å². The monoisotopic (exact) mass is 419 g/mol. The van der Waals surface area contributed by atoms with Crippen molar-refractivity contribution in [3.63, 3.8) is 0 Å². The summed E-state index contributed by atoms with van der Waals surface area (Å²) in [7, 11) is 0. The van der Waals surface area contributed by atoms with E-state index in [0.717, 1.165) is 35.1 Å². The fourth-order valence-corrected chi connectivity index (χ4v) is 4.77. The molecule has 6 nitrogen and oxygen atoms in total. The molecule has 1 aliphatic carbocycles. The summed E-state index contributed by atoms with van der Waals surface area (Å²) in [6.45, 7) is 7.49. The van der Waals surface area contributed by atoms with Gasteiger partial charge in [0, 0.05) is 19.0 Å². The van der Waals surface area contributed by atoms with Gasteiger partial charge >= 0.3 is 0 Å². The summed E-state index contributed by atoms with van der Waals surface area (Å²) in [4.78, 5) is 15.4. The molecular formula is C25H29N3O3. The number of nitrogens with one attached hydrogen (secondary N) is 2. The molecule has 1 amide bonds. The summed E-state index contributed by atoms with van der Waals surface area (Å²) in [5, 5.41) is 26.3. The van der Waals surface area contributed by atoms with Crippen LogP contribution in [0.4, 0.5) is 0 Å². The SMILES string of the molecule is CC(=N)OC(=N)c1ccc(-c2cccc3c2C(=O)N(C(C2CC2)C(C)(C)O)C3)cc1C. The number of nitrogens with zero attached hydrogens (tertiary/aromatic N) is 1. The van der Waals surface area contributed by atoms with E-state index in [-0.39, 0.29) is 23.7 Å². The Balaban J connectivity index is 1.70. The van der Waals surface area contributed by atoms with Crippen molar-refractivity contribution < 1.29 is 14.6 Å². The summed E-state index contributed by atoms with van der Waals surface area (Å²) in [5.74, 6) is 0.236. The van der Waals surface area contributed by atoms with Crippen molar-refractivity contribution >= 4 is 17.7 Å². The maximum absolute atomic E-state index is 13.5. The smallest absolute Gasteiger partial charge is 0.255 e. The van der Waals surface area contributed by atoms with Gasteiger partial charge in [-0.05, 0) is 67.9 Å². The highest BCUT2D eigenvalue weighted by molar-refractivity contribution is 6.05. The van der Waals surface area contributed by atoms with E-state index in [1.807, 2.05) is 42.2 Å². The van der Waals surface area contributed by atoms with E-state index in [9.17, 15) is 9.90 Å². The molecule has 0 radical (unpaired) electrons. The largest absolute Gasteiger partial charge is 0.426 e. The van der Waals surface area contributed by atoms with Crippen molar-refractivity contribution in [3.05, 3.63) is 58.7 Å². The molecule has 1 unspecified atom stereocenters. The standard InChI is InChI=1S/C25H29N3O3/c1-14-12-17(10-11-19(14)23(27)31-15(2)26)20-7-5-6-18-13-28(24(29)21(18)20)22(16-8-9-16)25(3,4)30/h5-7,10-12,16,22,26-27,30H,8-9,13H2,1-4H3. The van der Waals surface area contributed by atoms with Crippen LogP contribution in [0.15, 0.2) is 36.4 Å². The number of carbonyl (C=O) groups excluding carboxylic acids is 1. The molecule has 2 aliphatic rings. The normalized spacial score (nSPS) is 16.8. The molecule has 0 spiro atoms. The quantitative estimate of drug-likeness (QED) is 0.491. The molecular weight excluding hydrogens is 390 g/mol. The maximum atomic E-state index is 13.5. The molecule has 0 aromatic heterocycles. The molecule has 3 N–H and O–H groups in total. The molecule has 0 bridgehead atoms. The van der Waals surface area contributed by atoms with E-state index in [1.165, 1.54) is 6.92 Å². The Labute approximate surface area is 182 Å². The average molecular weight is 420 g/mol. The third kappa shape index (κ3) is 4.00. The van der Waals surface area contributed by atoms with E-state index in [1.54, 1.807) is 19.9 Å². The maximum Gasteiger partial charge on any atom is 0.255 e. The summed E-state index contributed by atoms with van der Waals surface area (Å²) >= 11 is 0. The van der Waals surface area contributed by atoms with Gasteiger partial charge < -0.3 is 14.7 Å². The van der Waals surface area contributed by atoms with Gasteiger partial charge in [-0.2, -0.15) is 0 Å². The van der Waals surface area contributed by atoms with Crippen LogP contribution in [-0.4, -0.2) is 39.4 Å². The summed E-state index contributed by atoms with van der Waals surface area (Å²) in [6, 6.07) is 11.4. The van der Waals surface area contributed by atoms with Gasteiger partial charge in [-0.15, -0.1) is 0 Å². The van der Waals surface area contributed by atoms with Crippen LogP contribution in [0.2, 0.25) is 0 Å². The summed E-state index contributed by atoms with van der Waals surface area (Å²) < 4.78 is 5.14. The molecule has 1 atom stereocenters. The minimum atomic E-state index is -0.954. The minimum absolute atomic E-state index is 0.0261. The van der Waals surface area contributed by atoms with Crippen LogP contribution < -0.4 is 0 Å². The first-order valence-corrected chi connectivity index (χ1v) is 10.7. The number of hydrogen-bond acceptors (Lipinski definition) is 5. The Bertz CT molecular complexity index is 1080. The van der Waals surface area contributed by atoms with Crippen molar-refractivity contribution in [3.8, 4) is 11.1 Å². The van der Waals surface area contributed by atoms with Crippen LogP contribution >= 0.6 is 0 Å². The lowest BCUT2D eigenvalue weighted by Gasteiger charge is -2.37. The van der Waals surface area contributed by atoms with Gasteiger partial charge in [-0.3, -0.25) is 15.6 Å². The Morgan fingerprint density at radius 3 is 2.52 bits per heavy atom. The molecule has 162 valence electrons. The second kappa shape index (κ2) is 7.61. The second-order valence-electron chi connectivity index (χ2n) is 9.23. The number of fused-ring (bicyclic) bond motifs is 1. The minimum Gasteiger partial charge on any atom is -0.426 e. The van der Waals surface area contributed by atoms with E-state index in [0.29, 0.717) is 23.6 Å². The molecule has 2 aromatic carbocycles. The number of aryl methyl sites for hydroxylation is 1. The van der Waals surface area contributed by atoms with E-state index >= 15 is 0 Å². The van der Waals surface area contributed by atoms with Crippen LogP contribution in [-0.2, 0) is 11.3 Å². The van der Waals surface area contributed by atoms with Crippen LogP contribution in [0.1, 0.15) is 60.7 Å². The van der Waals surface area contributed by atoms with Crippen LogP contribution in [0.25, 0.3) is 11.1 Å². The fraction of sp³-hybridized carbons (Fsp3) is 0.400. The predicted molar refractivity (Wildman–Crippen MR) is 121 cm³/mol. The Morgan fingerprint density at radius 2 is 1.94 bits per heavy atom. The van der Waals surface area contributed by atoms with E-state index < -0.39 is 5.60 Å². The number of hydrogen-bond donors (Lipinski definition) is 3. The molecule has 1 heterocycles. The predicted octanol–water partition coefficient (Wildman–Crippen LogP) is 4.51. The van der Waals surface area contributed by atoms with Crippen molar-refractivity contribution in [2.24, 2.45) is 5.92 Å². The Morgan fingerprint density at radius 1 is 1.23 bits per heavy atom. The molecule has 2 aromatic rings. The zero-order chi connectivity index (χ0) is 22.5.